The van der Waals surface area contributed by atoms with Crippen LogP contribution in [0.2, 0.25) is 5.02 Å². The fraction of sp³-hybridized carbons (Fsp3) is 0.312. The molecule has 19 heavy (non-hydrogen) atoms. The molecule has 0 aliphatic rings. The first-order valence-electron chi connectivity index (χ1n) is 6.56. The highest BCUT2D eigenvalue weighted by atomic mass is 35.5. The van der Waals surface area contributed by atoms with E-state index in [4.69, 9.17) is 11.6 Å². The molecule has 0 bridgehead atoms. The van der Waals surface area contributed by atoms with E-state index in [-0.39, 0.29) is 6.04 Å². The van der Waals surface area contributed by atoms with E-state index in [0.29, 0.717) is 6.04 Å². The topological polar surface area (TPSA) is 24.9 Å². The Labute approximate surface area is 119 Å². The van der Waals surface area contributed by atoms with Gasteiger partial charge in [0.2, 0.25) is 0 Å². The second-order valence-corrected chi connectivity index (χ2v) is 5.28. The predicted molar refractivity (Wildman–Crippen MR) is 80.4 cm³/mol. The Morgan fingerprint density at radius 2 is 1.95 bits per heavy atom. The number of benzene rings is 1. The van der Waals surface area contributed by atoms with Gasteiger partial charge in [0.1, 0.15) is 0 Å². The van der Waals surface area contributed by atoms with E-state index in [9.17, 15) is 0 Å². The molecule has 2 unspecified atom stereocenters. The molecule has 2 atom stereocenters. The fourth-order valence-electron chi connectivity index (χ4n) is 2.21. The molecule has 0 aliphatic heterocycles. The molecule has 1 heterocycles. The average molecular weight is 275 g/mol. The molecule has 0 saturated carbocycles. The van der Waals surface area contributed by atoms with Gasteiger partial charge in [0, 0.05) is 29.5 Å². The Morgan fingerprint density at radius 3 is 2.63 bits per heavy atom. The lowest BCUT2D eigenvalue weighted by atomic mass is 10.0. The maximum Gasteiger partial charge on any atom is 0.0438 e. The highest BCUT2D eigenvalue weighted by Gasteiger charge is 2.11. The van der Waals surface area contributed by atoms with Crippen molar-refractivity contribution < 1.29 is 0 Å². The third kappa shape index (κ3) is 4.05. The number of hydrogen-bond donors (Lipinski definition) is 1. The van der Waals surface area contributed by atoms with Crippen LogP contribution in [0.25, 0.3) is 0 Å². The maximum absolute atomic E-state index is 6.18. The second-order valence-electron chi connectivity index (χ2n) is 4.87. The van der Waals surface area contributed by atoms with Crippen LogP contribution in [0.1, 0.15) is 31.0 Å². The zero-order valence-corrected chi connectivity index (χ0v) is 12.1. The Morgan fingerprint density at radius 1 is 1.16 bits per heavy atom. The Bertz CT molecular complexity index is 513. The van der Waals surface area contributed by atoms with Crippen molar-refractivity contribution in [3.8, 4) is 0 Å². The summed E-state index contributed by atoms with van der Waals surface area (Å²) < 4.78 is 0. The zero-order chi connectivity index (χ0) is 13.7. The first-order chi connectivity index (χ1) is 9.16. The minimum absolute atomic E-state index is 0.284. The third-order valence-electron chi connectivity index (χ3n) is 3.20. The van der Waals surface area contributed by atoms with Crippen molar-refractivity contribution in [1.82, 2.24) is 10.3 Å². The normalized spacial score (nSPS) is 14.1. The van der Waals surface area contributed by atoms with Gasteiger partial charge in [-0.1, -0.05) is 35.9 Å². The van der Waals surface area contributed by atoms with Gasteiger partial charge in [-0.3, -0.25) is 4.98 Å². The van der Waals surface area contributed by atoms with Crippen LogP contribution in [0.3, 0.4) is 0 Å². The number of aromatic nitrogens is 1. The van der Waals surface area contributed by atoms with Gasteiger partial charge in [0.25, 0.3) is 0 Å². The Hall–Kier alpha value is -1.38. The Balaban J connectivity index is 1.95. The molecule has 100 valence electrons. The summed E-state index contributed by atoms with van der Waals surface area (Å²) in [7, 11) is 0. The standard InChI is InChI=1S/C16H19ClN2/c1-12(10-14-6-3-4-8-16(14)17)19-13(2)15-7-5-9-18-11-15/h3-9,11-13,19H,10H2,1-2H3. The molecule has 0 spiro atoms. The van der Waals surface area contributed by atoms with Crippen LogP contribution >= 0.6 is 11.6 Å². The minimum atomic E-state index is 0.284. The quantitative estimate of drug-likeness (QED) is 0.891. The molecular weight excluding hydrogens is 256 g/mol. The summed E-state index contributed by atoms with van der Waals surface area (Å²) in [4.78, 5) is 4.15. The number of rotatable bonds is 5. The molecule has 1 aromatic heterocycles. The van der Waals surface area contributed by atoms with Crippen LogP contribution in [-0.4, -0.2) is 11.0 Å². The van der Waals surface area contributed by atoms with E-state index in [1.165, 1.54) is 11.1 Å². The summed E-state index contributed by atoms with van der Waals surface area (Å²) in [6.07, 6.45) is 4.62. The largest absolute Gasteiger partial charge is 0.307 e. The molecule has 1 N–H and O–H groups in total. The predicted octanol–water partition coefficient (Wildman–Crippen LogP) is 4.02. The van der Waals surface area contributed by atoms with Crippen LogP contribution in [0.5, 0.6) is 0 Å². The number of halogens is 1. The minimum Gasteiger partial charge on any atom is -0.307 e. The van der Waals surface area contributed by atoms with E-state index in [2.05, 4.69) is 36.3 Å². The maximum atomic E-state index is 6.18. The van der Waals surface area contributed by atoms with Crippen molar-refractivity contribution in [3.05, 3.63) is 64.9 Å². The van der Waals surface area contributed by atoms with Crippen LogP contribution in [0.15, 0.2) is 48.8 Å². The SMILES string of the molecule is CC(Cc1ccccc1Cl)NC(C)c1cccnc1. The van der Waals surface area contributed by atoms with Gasteiger partial charge in [-0.2, -0.15) is 0 Å². The summed E-state index contributed by atoms with van der Waals surface area (Å²) in [5.41, 5.74) is 2.39. The van der Waals surface area contributed by atoms with E-state index >= 15 is 0 Å². The molecule has 2 nitrogen and oxygen atoms in total. The molecule has 2 rings (SSSR count). The summed E-state index contributed by atoms with van der Waals surface area (Å²) in [5, 5.41) is 4.41. The smallest absolute Gasteiger partial charge is 0.0438 e. The summed E-state index contributed by atoms with van der Waals surface area (Å²) in [5.74, 6) is 0. The summed E-state index contributed by atoms with van der Waals surface area (Å²) in [6.45, 7) is 4.33. The van der Waals surface area contributed by atoms with Crippen LogP contribution in [0, 0.1) is 0 Å². The lowest BCUT2D eigenvalue weighted by molar-refractivity contribution is 0.476. The molecule has 0 amide bonds. The summed E-state index contributed by atoms with van der Waals surface area (Å²) >= 11 is 6.18. The average Bonchev–Trinajstić information content (AvgIpc) is 2.42. The number of nitrogens with one attached hydrogen (secondary N) is 1. The van der Waals surface area contributed by atoms with Gasteiger partial charge in [-0.05, 0) is 43.5 Å². The lowest BCUT2D eigenvalue weighted by Crippen LogP contribution is -2.30. The van der Waals surface area contributed by atoms with Crippen molar-refractivity contribution in [2.24, 2.45) is 0 Å². The number of nitrogens with zero attached hydrogens (tertiary/aromatic N) is 1. The first kappa shape index (κ1) is 14.0. The van der Waals surface area contributed by atoms with Gasteiger partial charge in [-0.25, -0.2) is 0 Å². The van der Waals surface area contributed by atoms with E-state index < -0.39 is 0 Å². The van der Waals surface area contributed by atoms with Crippen molar-refractivity contribution in [3.63, 3.8) is 0 Å². The molecule has 3 heteroatoms. The molecule has 0 saturated heterocycles. The van der Waals surface area contributed by atoms with Gasteiger partial charge in [-0.15, -0.1) is 0 Å². The number of pyridine rings is 1. The van der Waals surface area contributed by atoms with Crippen LogP contribution in [0.4, 0.5) is 0 Å². The zero-order valence-electron chi connectivity index (χ0n) is 11.3. The van der Waals surface area contributed by atoms with Crippen LogP contribution < -0.4 is 5.32 Å². The monoisotopic (exact) mass is 274 g/mol. The molecule has 0 aliphatic carbocycles. The summed E-state index contributed by atoms with van der Waals surface area (Å²) in [6, 6.07) is 12.7. The van der Waals surface area contributed by atoms with Crippen molar-refractivity contribution in [2.75, 3.05) is 0 Å². The van der Waals surface area contributed by atoms with E-state index in [1.807, 2.05) is 30.5 Å². The second kappa shape index (κ2) is 6.69. The van der Waals surface area contributed by atoms with Crippen molar-refractivity contribution in [2.45, 2.75) is 32.4 Å². The third-order valence-corrected chi connectivity index (χ3v) is 3.57. The lowest BCUT2D eigenvalue weighted by Gasteiger charge is -2.20. The van der Waals surface area contributed by atoms with Crippen LogP contribution in [-0.2, 0) is 6.42 Å². The van der Waals surface area contributed by atoms with Gasteiger partial charge >= 0.3 is 0 Å². The van der Waals surface area contributed by atoms with E-state index in [1.54, 1.807) is 6.20 Å². The van der Waals surface area contributed by atoms with Crippen molar-refractivity contribution in [1.29, 1.82) is 0 Å². The molecule has 2 aromatic rings. The molecule has 1 aromatic carbocycles. The highest BCUT2D eigenvalue weighted by Crippen LogP contribution is 2.18. The molecular formula is C16H19ClN2. The molecule has 0 radical (unpaired) electrons. The van der Waals surface area contributed by atoms with Gasteiger partial charge in [0.15, 0.2) is 0 Å². The molecule has 0 fully saturated rings. The van der Waals surface area contributed by atoms with Gasteiger partial charge in [0.05, 0.1) is 0 Å². The van der Waals surface area contributed by atoms with E-state index in [0.717, 1.165) is 11.4 Å². The Kier molecular flexibility index (Phi) is 4.94. The fourth-order valence-corrected chi connectivity index (χ4v) is 2.42. The highest BCUT2D eigenvalue weighted by molar-refractivity contribution is 6.31. The van der Waals surface area contributed by atoms with Crippen molar-refractivity contribution >= 4 is 11.6 Å². The first-order valence-corrected chi connectivity index (χ1v) is 6.94. The van der Waals surface area contributed by atoms with Gasteiger partial charge < -0.3 is 5.32 Å². The number of hydrogen-bond acceptors (Lipinski definition) is 2.